The highest BCUT2D eigenvalue weighted by Crippen LogP contribution is 2.01. The average molecular weight is 193 g/mol. The number of likely N-dealkylation sites (N-methyl/N-ethyl adjacent to an activating group) is 1. The van der Waals surface area contributed by atoms with Crippen LogP contribution in [0.1, 0.15) is 0 Å². The van der Waals surface area contributed by atoms with E-state index in [1.165, 1.54) is 0 Å². The summed E-state index contributed by atoms with van der Waals surface area (Å²) in [5, 5.41) is 0. The second-order valence-corrected chi connectivity index (χ2v) is 2.62. The molecule has 0 radical (unpaired) electrons. The molecule has 5 nitrogen and oxygen atoms in total. The Morgan fingerprint density at radius 2 is 1.38 bits per heavy atom. The molecule has 0 aromatic heterocycles. The van der Waals surface area contributed by atoms with Gasteiger partial charge in [0.2, 0.25) is 6.41 Å². The van der Waals surface area contributed by atoms with Crippen molar-refractivity contribution < 1.29 is 18.9 Å². The minimum atomic E-state index is -0.368. The van der Waals surface area contributed by atoms with Gasteiger partial charge in [-0.05, 0) is 7.05 Å². The van der Waals surface area contributed by atoms with E-state index < -0.39 is 0 Å². The van der Waals surface area contributed by atoms with Crippen molar-refractivity contribution >= 4 is 0 Å². The molecule has 0 unspecified atom stereocenters. The van der Waals surface area contributed by atoms with Crippen LogP contribution in [0.15, 0.2) is 0 Å². The first-order chi connectivity index (χ1) is 6.19. The molecule has 0 saturated carbocycles. The standard InChI is InChI=1S/C8H19NO4/c1-9(8(12-4)13-5)6-7(10-2)11-3/h7-8H,6H2,1-5H3. The molecule has 0 aromatic carbocycles. The van der Waals surface area contributed by atoms with E-state index in [4.69, 9.17) is 18.9 Å². The van der Waals surface area contributed by atoms with Crippen molar-refractivity contribution in [1.29, 1.82) is 0 Å². The predicted molar refractivity (Wildman–Crippen MR) is 48.2 cm³/mol. The Bertz CT molecular complexity index is 115. The van der Waals surface area contributed by atoms with Gasteiger partial charge in [0.05, 0.1) is 6.54 Å². The van der Waals surface area contributed by atoms with Crippen LogP contribution in [-0.4, -0.2) is 59.6 Å². The zero-order valence-corrected chi connectivity index (χ0v) is 8.94. The van der Waals surface area contributed by atoms with Gasteiger partial charge in [0, 0.05) is 28.4 Å². The van der Waals surface area contributed by atoms with Crippen molar-refractivity contribution in [3.8, 4) is 0 Å². The molecule has 0 aromatic rings. The van der Waals surface area contributed by atoms with Gasteiger partial charge >= 0.3 is 0 Å². The molecule has 0 spiro atoms. The molecule has 0 N–H and O–H groups in total. The lowest BCUT2D eigenvalue weighted by Crippen LogP contribution is -2.40. The van der Waals surface area contributed by atoms with Gasteiger partial charge in [-0.1, -0.05) is 0 Å². The summed E-state index contributed by atoms with van der Waals surface area (Å²) in [6.45, 7) is 0.583. The van der Waals surface area contributed by atoms with Crippen molar-refractivity contribution in [3.63, 3.8) is 0 Å². The number of nitrogens with zero attached hydrogens (tertiary/aromatic N) is 1. The van der Waals surface area contributed by atoms with Gasteiger partial charge in [0.15, 0.2) is 6.29 Å². The van der Waals surface area contributed by atoms with E-state index in [1.807, 2.05) is 11.9 Å². The van der Waals surface area contributed by atoms with E-state index in [0.29, 0.717) is 6.54 Å². The molecule has 5 heteroatoms. The van der Waals surface area contributed by atoms with E-state index in [9.17, 15) is 0 Å². The van der Waals surface area contributed by atoms with Crippen LogP contribution in [0.25, 0.3) is 0 Å². The SMILES string of the molecule is COC(CN(C)C(OC)OC)OC. The normalized spacial score (nSPS) is 12.0. The molecule has 0 atom stereocenters. The maximum atomic E-state index is 5.04. The van der Waals surface area contributed by atoms with Crippen molar-refractivity contribution in [2.75, 3.05) is 42.0 Å². The number of methoxy groups -OCH3 is 4. The fourth-order valence-electron chi connectivity index (χ4n) is 1.02. The number of ether oxygens (including phenoxy) is 4. The summed E-state index contributed by atoms with van der Waals surface area (Å²) >= 11 is 0. The molecule has 0 heterocycles. The van der Waals surface area contributed by atoms with E-state index in [0.717, 1.165) is 0 Å². The summed E-state index contributed by atoms with van der Waals surface area (Å²) < 4.78 is 20.2. The first-order valence-electron chi connectivity index (χ1n) is 4.01. The number of hydrogen-bond donors (Lipinski definition) is 0. The minimum Gasteiger partial charge on any atom is -0.355 e. The van der Waals surface area contributed by atoms with Gasteiger partial charge in [-0.25, -0.2) is 0 Å². The Morgan fingerprint density at radius 1 is 0.923 bits per heavy atom. The van der Waals surface area contributed by atoms with Gasteiger partial charge in [0.25, 0.3) is 0 Å². The quantitative estimate of drug-likeness (QED) is 0.537. The van der Waals surface area contributed by atoms with E-state index in [1.54, 1.807) is 28.4 Å². The van der Waals surface area contributed by atoms with Crippen molar-refractivity contribution in [2.24, 2.45) is 0 Å². The summed E-state index contributed by atoms with van der Waals surface area (Å²) in [4.78, 5) is 1.84. The largest absolute Gasteiger partial charge is 0.355 e. The van der Waals surface area contributed by atoms with Gasteiger partial charge < -0.3 is 18.9 Å². The molecule has 0 saturated heterocycles. The molecule has 0 bridgehead atoms. The van der Waals surface area contributed by atoms with Crippen molar-refractivity contribution in [3.05, 3.63) is 0 Å². The zero-order valence-electron chi connectivity index (χ0n) is 8.94. The second-order valence-electron chi connectivity index (χ2n) is 2.62. The zero-order chi connectivity index (χ0) is 10.3. The Labute approximate surface area is 79.5 Å². The molecular weight excluding hydrogens is 174 g/mol. The van der Waals surface area contributed by atoms with E-state index in [2.05, 4.69) is 0 Å². The van der Waals surface area contributed by atoms with E-state index >= 15 is 0 Å². The van der Waals surface area contributed by atoms with Crippen LogP contribution in [0.4, 0.5) is 0 Å². The summed E-state index contributed by atoms with van der Waals surface area (Å²) in [6, 6.07) is 0. The summed E-state index contributed by atoms with van der Waals surface area (Å²) in [5.41, 5.74) is 0. The van der Waals surface area contributed by atoms with Gasteiger partial charge in [0.1, 0.15) is 0 Å². The minimum absolute atomic E-state index is 0.266. The fraction of sp³-hybridized carbons (Fsp3) is 1.00. The van der Waals surface area contributed by atoms with E-state index in [-0.39, 0.29) is 12.7 Å². The third-order valence-electron chi connectivity index (χ3n) is 1.73. The monoisotopic (exact) mass is 193 g/mol. The molecule has 0 aliphatic carbocycles. The summed E-state index contributed by atoms with van der Waals surface area (Å²) in [6.07, 6.45) is -0.634. The Hall–Kier alpha value is -0.200. The van der Waals surface area contributed by atoms with Crippen LogP contribution in [0.5, 0.6) is 0 Å². The van der Waals surface area contributed by atoms with Gasteiger partial charge in [-0.3, -0.25) is 4.90 Å². The lowest BCUT2D eigenvalue weighted by atomic mass is 10.5. The van der Waals surface area contributed by atoms with Crippen LogP contribution in [0.3, 0.4) is 0 Å². The second kappa shape index (κ2) is 7.23. The first-order valence-corrected chi connectivity index (χ1v) is 4.01. The number of hydrogen-bond acceptors (Lipinski definition) is 5. The van der Waals surface area contributed by atoms with Crippen LogP contribution in [0.2, 0.25) is 0 Å². The molecule has 0 aliphatic rings. The maximum Gasteiger partial charge on any atom is 0.218 e. The van der Waals surface area contributed by atoms with Crippen molar-refractivity contribution in [1.82, 2.24) is 4.90 Å². The Kier molecular flexibility index (Phi) is 7.12. The highest BCUT2D eigenvalue weighted by Gasteiger charge is 2.16. The lowest BCUT2D eigenvalue weighted by molar-refractivity contribution is -0.212. The van der Waals surface area contributed by atoms with Crippen LogP contribution in [-0.2, 0) is 18.9 Å². The molecule has 0 aliphatic heterocycles. The lowest BCUT2D eigenvalue weighted by Gasteiger charge is -2.27. The highest BCUT2D eigenvalue weighted by atomic mass is 16.7. The van der Waals surface area contributed by atoms with Crippen LogP contribution >= 0.6 is 0 Å². The topological polar surface area (TPSA) is 40.2 Å². The number of rotatable bonds is 7. The highest BCUT2D eigenvalue weighted by molar-refractivity contribution is 4.52. The molecule has 80 valence electrons. The molecule has 0 amide bonds. The summed E-state index contributed by atoms with van der Waals surface area (Å²) in [7, 11) is 8.22. The molecular formula is C8H19NO4. The Morgan fingerprint density at radius 3 is 1.69 bits per heavy atom. The smallest absolute Gasteiger partial charge is 0.218 e. The van der Waals surface area contributed by atoms with Gasteiger partial charge in [-0.2, -0.15) is 0 Å². The Balaban J connectivity index is 3.87. The van der Waals surface area contributed by atoms with Crippen molar-refractivity contribution in [2.45, 2.75) is 12.7 Å². The first kappa shape index (κ1) is 12.8. The third-order valence-corrected chi connectivity index (χ3v) is 1.73. The van der Waals surface area contributed by atoms with Crippen LogP contribution < -0.4 is 0 Å². The molecule has 0 rings (SSSR count). The van der Waals surface area contributed by atoms with Gasteiger partial charge in [-0.15, -0.1) is 0 Å². The molecule has 13 heavy (non-hydrogen) atoms. The predicted octanol–water partition coefficient (Wildman–Crippen LogP) is 0.113. The third kappa shape index (κ3) is 4.54. The average Bonchev–Trinajstić information content (AvgIpc) is 2.16. The fourth-order valence-corrected chi connectivity index (χ4v) is 1.02. The van der Waals surface area contributed by atoms with Crippen LogP contribution in [0, 0.1) is 0 Å². The maximum absolute atomic E-state index is 5.04. The summed E-state index contributed by atoms with van der Waals surface area (Å²) in [5.74, 6) is 0. The molecule has 0 fully saturated rings.